The lowest BCUT2D eigenvalue weighted by atomic mass is 10.1. The zero-order valence-corrected chi connectivity index (χ0v) is 14.3. The van der Waals surface area contributed by atoms with E-state index in [4.69, 9.17) is 9.52 Å². The van der Waals surface area contributed by atoms with Crippen LogP contribution in [0.1, 0.15) is 28.6 Å². The number of benzene rings is 1. The minimum absolute atomic E-state index is 0.0125. The molecule has 0 spiro atoms. The van der Waals surface area contributed by atoms with Gasteiger partial charge in [0.2, 0.25) is 10.0 Å². The van der Waals surface area contributed by atoms with Gasteiger partial charge in [-0.25, -0.2) is 13.1 Å². The SMILES string of the molecule is Cc1ccc(S(=O)(=O)NCc2ccco2)cc1C(=O)NC(C)CO. The lowest BCUT2D eigenvalue weighted by Crippen LogP contribution is -2.35. The van der Waals surface area contributed by atoms with E-state index in [2.05, 4.69) is 10.0 Å². The molecule has 1 aromatic heterocycles. The van der Waals surface area contributed by atoms with E-state index in [1.807, 2.05) is 0 Å². The van der Waals surface area contributed by atoms with Crippen molar-refractivity contribution >= 4 is 15.9 Å². The molecule has 0 radical (unpaired) electrons. The van der Waals surface area contributed by atoms with E-state index in [0.29, 0.717) is 11.3 Å². The van der Waals surface area contributed by atoms with Gasteiger partial charge in [-0.3, -0.25) is 4.79 Å². The zero-order valence-electron chi connectivity index (χ0n) is 13.4. The van der Waals surface area contributed by atoms with Gasteiger partial charge in [0.25, 0.3) is 5.91 Å². The molecule has 0 aliphatic rings. The Bertz CT molecular complexity index is 800. The van der Waals surface area contributed by atoms with Gasteiger partial charge in [0.1, 0.15) is 5.76 Å². The number of aryl methyl sites for hydroxylation is 1. The fourth-order valence-corrected chi connectivity index (χ4v) is 3.04. The van der Waals surface area contributed by atoms with E-state index < -0.39 is 22.0 Å². The van der Waals surface area contributed by atoms with Gasteiger partial charge >= 0.3 is 0 Å². The summed E-state index contributed by atoms with van der Waals surface area (Å²) < 4.78 is 32.2. The maximum absolute atomic E-state index is 12.4. The molecule has 7 nitrogen and oxygen atoms in total. The number of carbonyl (C=O) groups excluding carboxylic acids is 1. The Hall–Kier alpha value is -2.16. The van der Waals surface area contributed by atoms with Gasteiger partial charge in [-0.1, -0.05) is 6.07 Å². The molecule has 0 aliphatic heterocycles. The summed E-state index contributed by atoms with van der Waals surface area (Å²) in [5.41, 5.74) is 0.888. The van der Waals surface area contributed by atoms with E-state index in [1.165, 1.54) is 18.4 Å². The predicted octanol–water partition coefficient (Wildman–Crippen LogP) is 1.18. The van der Waals surface area contributed by atoms with Crippen molar-refractivity contribution in [2.75, 3.05) is 6.61 Å². The average molecular weight is 352 g/mol. The highest BCUT2D eigenvalue weighted by atomic mass is 32.2. The number of hydrogen-bond donors (Lipinski definition) is 3. The second-order valence-corrected chi connectivity index (χ2v) is 7.20. The third kappa shape index (κ3) is 4.44. The fourth-order valence-electron chi connectivity index (χ4n) is 2.02. The van der Waals surface area contributed by atoms with Crippen LogP contribution in [0.4, 0.5) is 0 Å². The molecule has 0 bridgehead atoms. The first-order valence-corrected chi connectivity index (χ1v) is 8.86. The van der Waals surface area contributed by atoms with E-state index in [1.54, 1.807) is 32.0 Å². The van der Waals surface area contributed by atoms with Crippen molar-refractivity contribution in [3.8, 4) is 0 Å². The van der Waals surface area contributed by atoms with Gasteiger partial charge in [0, 0.05) is 11.6 Å². The maximum atomic E-state index is 12.4. The van der Waals surface area contributed by atoms with Gasteiger partial charge in [0.05, 0.1) is 24.3 Å². The number of rotatable bonds is 7. The lowest BCUT2D eigenvalue weighted by molar-refractivity contribution is 0.0921. The number of nitrogens with one attached hydrogen (secondary N) is 2. The number of aliphatic hydroxyl groups excluding tert-OH is 1. The Morgan fingerprint density at radius 2 is 2.08 bits per heavy atom. The van der Waals surface area contributed by atoms with Crippen LogP contribution >= 0.6 is 0 Å². The minimum Gasteiger partial charge on any atom is -0.468 e. The number of sulfonamides is 1. The first kappa shape index (κ1) is 18.2. The van der Waals surface area contributed by atoms with Gasteiger partial charge < -0.3 is 14.8 Å². The van der Waals surface area contributed by atoms with Crippen molar-refractivity contribution in [2.24, 2.45) is 0 Å². The summed E-state index contributed by atoms with van der Waals surface area (Å²) >= 11 is 0. The zero-order chi connectivity index (χ0) is 17.7. The van der Waals surface area contributed by atoms with Crippen LogP contribution in [-0.2, 0) is 16.6 Å². The first-order valence-electron chi connectivity index (χ1n) is 7.38. The van der Waals surface area contributed by atoms with Gasteiger partial charge in [-0.05, 0) is 43.7 Å². The maximum Gasteiger partial charge on any atom is 0.251 e. The first-order chi connectivity index (χ1) is 11.3. The molecule has 1 amide bonds. The molecule has 130 valence electrons. The van der Waals surface area contributed by atoms with Crippen molar-refractivity contribution in [3.63, 3.8) is 0 Å². The van der Waals surface area contributed by atoms with Crippen LogP contribution in [0.15, 0.2) is 45.9 Å². The summed E-state index contributed by atoms with van der Waals surface area (Å²) in [7, 11) is -3.78. The third-order valence-corrected chi connectivity index (χ3v) is 4.83. The van der Waals surface area contributed by atoms with Crippen LogP contribution in [0.3, 0.4) is 0 Å². The Balaban J connectivity index is 2.21. The highest BCUT2D eigenvalue weighted by molar-refractivity contribution is 7.89. The predicted molar refractivity (Wildman–Crippen MR) is 87.9 cm³/mol. The van der Waals surface area contributed by atoms with Gasteiger partial charge in [-0.2, -0.15) is 0 Å². The van der Waals surface area contributed by atoms with Crippen molar-refractivity contribution < 1.29 is 22.7 Å². The second-order valence-electron chi connectivity index (χ2n) is 5.44. The number of hydrogen-bond acceptors (Lipinski definition) is 5. The fraction of sp³-hybridized carbons (Fsp3) is 0.312. The average Bonchev–Trinajstić information content (AvgIpc) is 3.06. The van der Waals surface area contributed by atoms with Crippen LogP contribution in [0.25, 0.3) is 0 Å². The molecule has 1 heterocycles. The molecule has 3 N–H and O–H groups in total. The minimum atomic E-state index is -3.78. The van der Waals surface area contributed by atoms with Crippen LogP contribution in [0.2, 0.25) is 0 Å². The lowest BCUT2D eigenvalue weighted by Gasteiger charge is -2.13. The molecule has 2 rings (SSSR count). The molecule has 1 atom stereocenters. The number of amides is 1. The number of aliphatic hydroxyl groups is 1. The number of carbonyl (C=O) groups is 1. The van der Waals surface area contributed by atoms with Gasteiger partial charge in [-0.15, -0.1) is 0 Å². The van der Waals surface area contributed by atoms with Crippen molar-refractivity contribution in [2.45, 2.75) is 31.3 Å². The Kier molecular flexibility index (Phi) is 5.76. The van der Waals surface area contributed by atoms with Crippen LogP contribution in [0.5, 0.6) is 0 Å². The topological polar surface area (TPSA) is 109 Å². The number of furan rings is 1. The summed E-state index contributed by atoms with van der Waals surface area (Å²) in [5.74, 6) is 0.0533. The van der Waals surface area contributed by atoms with Crippen molar-refractivity contribution in [3.05, 3.63) is 53.5 Å². The van der Waals surface area contributed by atoms with Gasteiger partial charge in [0.15, 0.2) is 0 Å². The largest absolute Gasteiger partial charge is 0.468 e. The second kappa shape index (κ2) is 7.61. The van der Waals surface area contributed by atoms with Crippen LogP contribution in [0, 0.1) is 6.92 Å². The van der Waals surface area contributed by atoms with E-state index >= 15 is 0 Å². The molecule has 0 saturated carbocycles. The van der Waals surface area contributed by atoms with Crippen LogP contribution < -0.4 is 10.0 Å². The molecule has 0 fully saturated rings. The molecular formula is C16H20N2O5S. The molecular weight excluding hydrogens is 332 g/mol. The summed E-state index contributed by atoms with van der Waals surface area (Å²) in [5, 5.41) is 11.6. The van der Waals surface area contributed by atoms with Crippen molar-refractivity contribution in [1.82, 2.24) is 10.0 Å². The van der Waals surface area contributed by atoms with E-state index in [9.17, 15) is 13.2 Å². The normalized spacial score (nSPS) is 12.8. The summed E-state index contributed by atoms with van der Waals surface area (Å²) in [6, 6.07) is 7.23. The third-order valence-electron chi connectivity index (χ3n) is 3.43. The quantitative estimate of drug-likeness (QED) is 0.693. The summed E-state index contributed by atoms with van der Waals surface area (Å²) in [6.45, 7) is 3.18. The smallest absolute Gasteiger partial charge is 0.251 e. The molecule has 8 heteroatoms. The highest BCUT2D eigenvalue weighted by Crippen LogP contribution is 2.16. The van der Waals surface area contributed by atoms with E-state index in [-0.39, 0.29) is 23.6 Å². The Morgan fingerprint density at radius 1 is 1.33 bits per heavy atom. The summed E-state index contributed by atoms with van der Waals surface area (Å²) in [4.78, 5) is 12.2. The van der Waals surface area contributed by atoms with E-state index in [0.717, 1.165) is 0 Å². The molecule has 24 heavy (non-hydrogen) atoms. The molecule has 1 unspecified atom stereocenters. The molecule has 2 aromatic rings. The highest BCUT2D eigenvalue weighted by Gasteiger charge is 2.19. The van der Waals surface area contributed by atoms with Crippen molar-refractivity contribution in [1.29, 1.82) is 0 Å². The Morgan fingerprint density at radius 3 is 2.71 bits per heavy atom. The molecule has 0 saturated heterocycles. The Labute approximate surface area is 140 Å². The molecule has 0 aliphatic carbocycles. The standard InChI is InChI=1S/C16H20N2O5S/c1-11-5-6-14(8-15(11)16(20)18-12(2)10-19)24(21,22)17-9-13-4-3-7-23-13/h3-8,12,17,19H,9-10H2,1-2H3,(H,18,20). The monoisotopic (exact) mass is 352 g/mol. The molecule has 1 aromatic carbocycles. The van der Waals surface area contributed by atoms with Crippen LogP contribution in [-0.4, -0.2) is 32.1 Å². The summed E-state index contributed by atoms with van der Waals surface area (Å²) in [6.07, 6.45) is 1.46.